The van der Waals surface area contributed by atoms with Crippen LogP contribution >= 0.6 is 0 Å². The Labute approximate surface area is 124 Å². The molecule has 0 aliphatic carbocycles. The number of hydrogen-bond acceptors (Lipinski definition) is 2. The molecule has 3 heterocycles. The average Bonchev–Trinajstić information content (AvgIpc) is 2.92. The van der Waals surface area contributed by atoms with Crippen LogP contribution in [0.15, 0.2) is 24.3 Å². The second-order valence-corrected chi connectivity index (χ2v) is 6.16. The van der Waals surface area contributed by atoms with Gasteiger partial charge in [-0.3, -0.25) is 4.79 Å². The molecule has 1 amide bonds. The first-order chi connectivity index (χ1) is 10.3. The van der Waals surface area contributed by atoms with Crippen molar-refractivity contribution in [1.29, 1.82) is 0 Å². The van der Waals surface area contributed by atoms with E-state index in [2.05, 4.69) is 34.6 Å². The van der Waals surface area contributed by atoms with E-state index in [-0.39, 0.29) is 5.92 Å². The van der Waals surface area contributed by atoms with Gasteiger partial charge in [0.25, 0.3) is 0 Å². The minimum absolute atomic E-state index is 0.220. The lowest BCUT2D eigenvalue weighted by atomic mass is 9.95. The van der Waals surface area contributed by atoms with Gasteiger partial charge in [0.1, 0.15) is 0 Å². The molecule has 1 saturated heterocycles. The Bertz CT molecular complexity index is 670. The highest BCUT2D eigenvalue weighted by atomic mass is 16.2. The van der Waals surface area contributed by atoms with Crippen LogP contribution in [0.2, 0.25) is 0 Å². The number of nitrogens with one attached hydrogen (secondary N) is 2. The number of H-pyrrole nitrogens is 1. The molecule has 2 aromatic rings. The fourth-order valence-electron chi connectivity index (χ4n) is 3.71. The number of nitrogens with zero attached hydrogens (tertiary/aromatic N) is 1. The number of aromatic nitrogens is 1. The van der Waals surface area contributed by atoms with Crippen molar-refractivity contribution >= 4 is 16.8 Å². The molecule has 0 spiro atoms. The average molecular weight is 283 g/mol. The van der Waals surface area contributed by atoms with Gasteiger partial charge >= 0.3 is 0 Å². The Hall–Kier alpha value is -1.81. The molecule has 2 N–H and O–H groups in total. The van der Waals surface area contributed by atoms with Crippen LogP contribution in [-0.4, -0.2) is 35.4 Å². The molecule has 2 aliphatic heterocycles. The van der Waals surface area contributed by atoms with Crippen LogP contribution in [0.1, 0.15) is 24.1 Å². The van der Waals surface area contributed by atoms with Gasteiger partial charge < -0.3 is 15.2 Å². The number of hydrogen-bond donors (Lipinski definition) is 2. The van der Waals surface area contributed by atoms with Gasteiger partial charge in [-0.1, -0.05) is 18.2 Å². The van der Waals surface area contributed by atoms with Crippen molar-refractivity contribution in [3.05, 3.63) is 35.5 Å². The number of benzene rings is 1. The largest absolute Gasteiger partial charge is 0.357 e. The monoisotopic (exact) mass is 283 g/mol. The molecule has 0 saturated carbocycles. The fourth-order valence-corrected chi connectivity index (χ4v) is 3.71. The Morgan fingerprint density at radius 1 is 1.19 bits per heavy atom. The second kappa shape index (κ2) is 5.19. The van der Waals surface area contributed by atoms with Gasteiger partial charge in [0, 0.05) is 29.1 Å². The quantitative estimate of drug-likeness (QED) is 0.841. The van der Waals surface area contributed by atoms with E-state index >= 15 is 0 Å². The number of amides is 1. The van der Waals surface area contributed by atoms with Crippen molar-refractivity contribution in [2.45, 2.75) is 25.8 Å². The van der Waals surface area contributed by atoms with E-state index in [1.807, 2.05) is 4.90 Å². The third kappa shape index (κ3) is 2.23. The lowest BCUT2D eigenvalue weighted by Crippen LogP contribution is -2.43. The van der Waals surface area contributed by atoms with Gasteiger partial charge in [-0.15, -0.1) is 0 Å². The zero-order chi connectivity index (χ0) is 14.2. The third-order valence-corrected chi connectivity index (χ3v) is 4.88. The molecule has 1 aromatic heterocycles. The van der Waals surface area contributed by atoms with E-state index < -0.39 is 0 Å². The highest BCUT2D eigenvalue weighted by molar-refractivity contribution is 5.86. The summed E-state index contributed by atoms with van der Waals surface area (Å²) in [6, 6.07) is 8.44. The number of aromatic amines is 1. The van der Waals surface area contributed by atoms with Crippen molar-refractivity contribution in [3.63, 3.8) is 0 Å². The first kappa shape index (κ1) is 12.9. The topological polar surface area (TPSA) is 48.1 Å². The van der Waals surface area contributed by atoms with Crippen LogP contribution in [0.5, 0.6) is 0 Å². The maximum atomic E-state index is 12.7. The number of carbonyl (C=O) groups excluding carboxylic acids is 1. The fraction of sp³-hybridized carbons (Fsp3) is 0.471. The summed E-state index contributed by atoms with van der Waals surface area (Å²) in [6.45, 7) is 3.55. The predicted molar refractivity (Wildman–Crippen MR) is 83.0 cm³/mol. The zero-order valence-electron chi connectivity index (χ0n) is 12.2. The van der Waals surface area contributed by atoms with Crippen LogP contribution in [0.3, 0.4) is 0 Å². The SMILES string of the molecule is O=C(C1CCNCC1)N1CCc2c([nH]c3ccccc23)C1. The van der Waals surface area contributed by atoms with Crippen LogP contribution < -0.4 is 5.32 Å². The van der Waals surface area contributed by atoms with Gasteiger partial charge in [0.15, 0.2) is 0 Å². The van der Waals surface area contributed by atoms with Crippen molar-refractivity contribution < 1.29 is 4.79 Å². The number of carbonyl (C=O) groups is 1. The Kier molecular flexibility index (Phi) is 3.19. The maximum absolute atomic E-state index is 12.7. The van der Waals surface area contributed by atoms with Crippen LogP contribution in [0, 0.1) is 5.92 Å². The number of fused-ring (bicyclic) bond motifs is 3. The third-order valence-electron chi connectivity index (χ3n) is 4.88. The maximum Gasteiger partial charge on any atom is 0.226 e. The number of para-hydroxylation sites is 1. The summed E-state index contributed by atoms with van der Waals surface area (Å²) in [5, 5.41) is 4.65. The van der Waals surface area contributed by atoms with Crippen LogP contribution in [0.4, 0.5) is 0 Å². The van der Waals surface area contributed by atoms with Crippen molar-refractivity contribution in [1.82, 2.24) is 15.2 Å². The minimum atomic E-state index is 0.220. The van der Waals surface area contributed by atoms with E-state index in [0.29, 0.717) is 5.91 Å². The Morgan fingerprint density at radius 3 is 2.86 bits per heavy atom. The molecule has 110 valence electrons. The number of piperidine rings is 1. The number of rotatable bonds is 1. The van der Waals surface area contributed by atoms with Crippen molar-refractivity contribution in [2.75, 3.05) is 19.6 Å². The summed E-state index contributed by atoms with van der Waals surface area (Å²) in [4.78, 5) is 18.2. The van der Waals surface area contributed by atoms with E-state index in [1.54, 1.807) is 0 Å². The van der Waals surface area contributed by atoms with E-state index in [9.17, 15) is 4.79 Å². The van der Waals surface area contributed by atoms with Crippen LogP contribution in [-0.2, 0) is 17.8 Å². The van der Waals surface area contributed by atoms with Crippen LogP contribution in [0.25, 0.3) is 10.9 Å². The summed E-state index contributed by atoms with van der Waals surface area (Å²) < 4.78 is 0. The molecule has 4 nitrogen and oxygen atoms in total. The molecule has 1 fully saturated rings. The standard InChI is InChI=1S/C17H21N3O/c21-17(12-5-8-18-9-6-12)20-10-7-14-13-3-1-2-4-15(13)19-16(14)11-20/h1-4,12,18-19H,5-11H2. The molecule has 0 unspecified atom stereocenters. The molecule has 0 bridgehead atoms. The van der Waals surface area contributed by atoms with Crippen molar-refractivity contribution in [2.24, 2.45) is 5.92 Å². The highest BCUT2D eigenvalue weighted by Gasteiger charge is 2.29. The molecule has 4 heteroatoms. The van der Waals surface area contributed by atoms with Gasteiger partial charge in [-0.05, 0) is 44.0 Å². The van der Waals surface area contributed by atoms with Gasteiger partial charge in [-0.2, -0.15) is 0 Å². The lowest BCUT2D eigenvalue weighted by molar-refractivity contribution is -0.137. The Balaban J connectivity index is 1.57. The summed E-state index contributed by atoms with van der Waals surface area (Å²) in [5.41, 5.74) is 3.82. The molecular formula is C17H21N3O. The predicted octanol–water partition coefficient (Wildman–Crippen LogP) is 2.05. The second-order valence-electron chi connectivity index (χ2n) is 6.16. The molecule has 1 aromatic carbocycles. The van der Waals surface area contributed by atoms with Crippen molar-refractivity contribution in [3.8, 4) is 0 Å². The first-order valence-electron chi connectivity index (χ1n) is 7.91. The Morgan fingerprint density at radius 2 is 2.00 bits per heavy atom. The smallest absolute Gasteiger partial charge is 0.226 e. The summed E-state index contributed by atoms with van der Waals surface area (Å²) >= 11 is 0. The van der Waals surface area contributed by atoms with E-state index in [4.69, 9.17) is 0 Å². The zero-order valence-corrected chi connectivity index (χ0v) is 12.2. The molecule has 4 rings (SSSR count). The normalized spacial score (nSPS) is 19.7. The summed E-state index contributed by atoms with van der Waals surface area (Å²) in [6.07, 6.45) is 2.93. The molecular weight excluding hydrogens is 262 g/mol. The summed E-state index contributed by atoms with van der Waals surface area (Å²) in [5.74, 6) is 0.568. The molecule has 2 aliphatic rings. The first-order valence-corrected chi connectivity index (χ1v) is 7.91. The minimum Gasteiger partial charge on any atom is -0.357 e. The molecule has 0 atom stereocenters. The highest BCUT2D eigenvalue weighted by Crippen LogP contribution is 2.28. The molecule has 21 heavy (non-hydrogen) atoms. The van der Waals surface area contributed by atoms with E-state index in [0.717, 1.165) is 45.4 Å². The van der Waals surface area contributed by atoms with E-state index in [1.165, 1.54) is 22.2 Å². The molecule has 0 radical (unpaired) electrons. The van der Waals surface area contributed by atoms with Gasteiger partial charge in [0.2, 0.25) is 5.91 Å². The van der Waals surface area contributed by atoms with Gasteiger partial charge in [-0.25, -0.2) is 0 Å². The summed E-state index contributed by atoms with van der Waals surface area (Å²) in [7, 11) is 0. The van der Waals surface area contributed by atoms with Gasteiger partial charge in [0.05, 0.1) is 6.54 Å². The lowest BCUT2D eigenvalue weighted by Gasteiger charge is -2.32.